The van der Waals surface area contributed by atoms with Gasteiger partial charge in [-0.1, -0.05) is 18.2 Å². The van der Waals surface area contributed by atoms with Crippen molar-refractivity contribution in [3.63, 3.8) is 0 Å². The van der Waals surface area contributed by atoms with E-state index in [1.807, 2.05) is 24.3 Å². The number of hydrogen-bond acceptors (Lipinski definition) is 5. The normalized spacial score (nSPS) is 12.5. The van der Waals surface area contributed by atoms with E-state index in [-0.39, 0.29) is 5.78 Å². The molecule has 0 spiro atoms. The number of carbonyl (C=O) groups is 1. The summed E-state index contributed by atoms with van der Waals surface area (Å²) in [5.74, 6) is 2.60. The lowest BCUT2D eigenvalue weighted by Gasteiger charge is -2.12. The molecular weight excluding hydrogens is 416 g/mol. The molecule has 0 atom stereocenters. The molecule has 3 aromatic carbocycles. The molecule has 0 bridgehead atoms. The van der Waals surface area contributed by atoms with Gasteiger partial charge < -0.3 is 18.9 Å². The van der Waals surface area contributed by atoms with Crippen LogP contribution < -0.4 is 18.9 Å². The van der Waals surface area contributed by atoms with Crippen molar-refractivity contribution in [3.8, 4) is 23.0 Å². The second-order valence-corrected chi connectivity index (χ2v) is 7.91. The molecule has 0 fully saturated rings. The van der Waals surface area contributed by atoms with E-state index in [4.69, 9.17) is 18.9 Å². The maximum atomic E-state index is 12.7. The monoisotopic (exact) mass is 444 g/mol. The maximum Gasteiger partial charge on any atom is 0.185 e. The Morgan fingerprint density at radius 2 is 1.58 bits per heavy atom. The molecule has 0 unspecified atom stereocenters. The van der Waals surface area contributed by atoms with Crippen molar-refractivity contribution in [3.05, 3.63) is 88.5 Å². The molecule has 3 aromatic rings. The first-order valence-corrected chi connectivity index (χ1v) is 11.0. The average molecular weight is 445 g/mol. The fraction of sp³-hybridized carbons (Fsp3) is 0.250. The first kappa shape index (κ1) is 22.5. The third kappa shape index (κ3) is 5.20. The first-order valence-electron chi connectivity index (χ1n) is 11.0. The van der Waals surface area contributed by atoms with Crippen molar-refractivity contribution in [1.29, 1.82) is 0 Å². The number of ether oxygens (including phenoxy) is 4. The van der Waals surface area contributed by atoms with Gasteiger partial charge in [0.2, 0.25) is 0 Å². The standard InChI is InChI=1S/C28H28O5/c1-30-26-13-8-19(7-12-25(29)22-10-14-27(31-2)28(17-22)32-3)15-23(26)18-33-24-11-9-20-5-4-6-21(20)16-24/h7-17H,4-6,18H2,1-3H3/b12-7+. The third-order valence-electron chi connectivity index (χ3n) is 5.86. The van der Waals surface area contributed by atoms with E-state index < -0.39 is 0 Å². The molecule has 0 saturated heterocycles. The van der Waals surface area contributed by atoms with Crippen LogP contribution >= 0.6 is 0 Å². The number of benzene rings is 3. The highest BCUT2D eigenvalue weighted by Crippen LogP contribution is 2.29. The molecule has 0 amide bonds. The van der Waals surface area contributed by atoms with E-state index in [2.05, 4.69) is 12.1 Å². The third-order valence-corrected chi connectivity index (χ3v) is 5.86. The second-order valence-electron chi connectivity index (χ2n) is 7.91. The van der Waals surface area contributed by atoms with Crippen molar-refractivity contribution < 1.29 is 23.7 Å². The van der Waals surface area contributed by atoms with Gasteiger partial charge >= 0.3 is 0 Å². The fourth-order valence-corrected chi connectivity index (χ4v) is 4.07. The molecule has 33 heavy (non-hydrogen) atoms. The largest absolute Gasteiger partial charge is 0.496 e. The fourth-order valence-electron chi connectivity index (χ4n) is 4.07. The molecule has 0 radical (unpaired) electrons. The van der Waals surface area contributed by atoms with Gasteiger partial charge in [-0.05, 0) is 84.5 Å². The molecule has 0 saturated carbocycles. The van der Waals surface area contributed by atoms with Crippen LogP contribution in [0.3, 0.4) is 0 Å². The Labute approximate surface area is 194 Å². The molecule has 1 aliphatic carbocycles. The molecule has 0 aliphatic heterocycles. The van der Waals surface area contributed by atoms with Gasteiger partial charge in [-0.2, -0.15) is 0 Å². The zero-order valence-electron chi connectivity index (χ0n) is 19.2. The second kappa shape index (κ2) is 10.3. The average Bonchev–Trinajstić information content (AvgIpc) is 3.33. The molecule has 0 aromatic heterocycles. The Morgan fingerprint density at radius 3 is 2.36 bits per heavy atom. The summed E-state index contributed by atoms with van der Waals surface area (Å²) in [5.41, 5.74) is 5.13. The minimum absolute atomic E-state index is 0.122. The highest BCUT2D eigenvalue weighted by atomic mass is 16.5. The zero-order valence-corrected chi connectivity index (χ0v) is 19.2. The number of methoxy groups -OCH3 is 3. The maximum absolute atomic E-state index is 12.7. The highest BCUT2D eigenvalue weighted by molar-refractivity contribution is 6.07. The summed E-state index contributed by atoms with van der Waals surface area (Å²) >= 11 is 0. The number of ketones is 1. The van der Waals surface area contributed by atoms with Crippen LogP contribution in [0, 0.1) is 0 Å². The summed E-state index contributed by atoms with van der Waals surface area (Å²) in [6.07, 6.45) is 6.82. The van der Waals surface area contributed by atoms with Gasteiger partial charge in [0.1, 0.15) is 18.1 Å². The van der Waals surface area contributed by atoms with E-state index in [0.717, 1.165) is 35.5 Å². The number of rotatable bonds is 9. The van der Waals surface area contributed by atoms with Gasteiger partial charge in [0, 0.05) is 11.1 Å². The van der Waals surface area contributed by atoms with Crippen molar-refractivity contribution >= 4 is 11.9 Å². The Kier molecular flexibility index (Phi) is 6.98. The highest BCUT2D eigenvalue weighted by Gasteiger charge is 2.12. The van der Waals surface area contributed by atoms with Crippen LogP contribution in [0.25, 0.3) is 6.08 Å². The van der Waals surface area contributed by atoms with Gasteiger partial charge in [-0.15, -0.1) is 0 Å². The zero-order chi connectivity index (χ0) is 23.2. The van der Waals surface area contributed by atoms with E-state index in [1.165, 1.54) is 17.5 Å². The Morgan fingerprint density at radius 1 is 0.818 bits per heavy atom. The van der Waals surface area contributed by atoms with Gasteiger partial charge in [-0.25, -0.2) is 0 Å². The molecule has 4 rings (SSSR count). The predicted molar refractivity (Wildman–Crippen MR) is 129 cm³/mol. The van der Waals surface area contributed by atoms with E-state index in [0.29, 0.717) is 23.7 Å². The van der Waals surface area contributed by atoms with E-state index >= 15 is 0 Å². The van der Waals surface area contributed by atoms with Crippen LogP contribution in [0.15, 0.2) is 60.7 Å². The lowest BCUT2D eigenvalue weighted by Crippen LogP contribution is -2.00. The number of carbonyl (C=O) groups excluding carboxylic acids is 1. The minimum Gasteiger partial charge on any atom is -0.496 e. The van der Waals surface area contributed by atoms with Crippen molar-refractivity contribution in [2.75, 3.05) is 21.3 Å². The van der Waals surface area contributed by atoms with Gasteiger partial charge in [0.05, 0.1) is 21.3 Å². The molecule has 1 aliphatic rings. The van der Waals surface area contributed by atoms with E-state index in [1.54, 1.807) is 51.7 Å². The van der Waals surface area contributed by atoms with Gasteiger partial charge in [0.15, 0.2) is 17.3 Å². The van der Waals surface area contributed by atoms with Crippen molar-refractivity contribution in [2.24, 2.45) is 0 Å². The van der Waals surface area contributed by atoms with Crippen LogP contribution in [0.4, 0.5) is 0 Å². The van der Waals surface area contributed by atoms with Crippen LogP contribution in [0.1, 0.15) is 39.0 Å². The quantitative estimate of drug-likeness (QED) is 0.314. The van der Waals surface area contributed by atoms with Gasteiger partial charge in [0.25, 0.3) is 0 Å². The Balaban J connectivity index is 1.48. The Hall–Kier alpha value is -3.73. The first-order chi connectivity index (χ1) is 16.1. The molecule has 5 heteroatoms. The van der Waals surface area contributed by atoms with Crippen molar-refractivity contribution in [1.82, 2.24) is 0 Å². The molecule has 5 nitrogen and oxygen atoms in total. The molecule has 0 N–H and O–H groups in total. The number of allylic oxidation sites excluding steroid dienone is 1. The summed E-state index contributed by atoms with van der Waals surface area (Å²) in [7, 11) is 4.75. The predicted octanol–water partition coefficient (Wildman–Crippen LogP) is 5.68. The van der Waals surface area contributed by atoms with E-state index in [9.17, 15) is 4.79 Å². The number of hydrogen-bond donors (Lipinski definition) is 0. The summed E-state index contributed by atoms with van der Waals surface area (Å²) in [6, 6.07) is 17.2. The SMILES string of the molecule is COc1ccc(/C=C/C(=O)c2ccc(OC)c(OC)c2)cc1COc1ccc2c(c1)CCC2. The summed E-state index contributed by atoms with van der Waals surface area (Å²) in [4.78, 5) is 12.7. The van der Waals surface area contributed by atoms with Crippen LogP contribution in [-0.2, 0) is 19.4 Å². The summed E-state index contributed by atoms with van der Waals surface area (Å²) in [6.45, 7) is 0.382. The number of aryl methyl sites for hydroxylation is 2. The molecule has 170 valence electrons. The van der Waals surface area contributed by atoms with Crippen LogP contribution in [-0.4, -0.2) is 27.1 Å². The van der Waals surface area contributed by atoms with Crippen LogP contribution in [0.5, 0.6) is 23.0 Å². The lowest BCUT2D eigenvalue weighted by atomic mass is 10.1. The summed E-state index contributed by atoms with van der Waals surface area (Å²) < 4.78 is 22.1. The molecular formula is C28H28O5. The molecule has 0 heterocycles. The smallest absolute Gasteiger partial charge is 0.185 e. The summed E-state index contributed by atoms with van der Waals surface area (Å²) in [5, 5.41) is 0. The van der Waals surface area contributed by atoms with Gasteiger partial charge in [-0.3, -0.25) is 4.79 Å². The minimum atomic E-state index is -0.122. The lowest BCUT2D eigenvalue weighted by molar-refractivity contribution is 0.104. The topological polar surface area (TPSA) is 54.0 Å². The Bertz CT molecular complexity index is 1180. The van der Waals surface area contributed by atoms with Crippen LogP contribution in [0.2, 0.25) is 0 Å². The number of fused-ring (bicyclic) bond motifs is 1. The van der Waals surface area contributed by atoms with Crippen molar-refractivity contribution in [2.45, 2.75) is 25.9 Å².